The van der Waals surface area contributed by atoms with Gasteiger partial charge in [0.05, 0.1) is 15.7 Å². The number of aryl methyl sites for hydroxylation is 1. The molecule has 1 aromatic carbocycles. The molecule has 2 rings (SSSR count). The molecule has 0 bridgehead atoms. The van der Waals surface area contributed by atoms with E-state index in [0.29, 0.717) is 10.0 Å². The van der Waals surface area contributed by atoms with Gasteiger partial charge in [0, 0.05) is 16.0 Å². The van der Waals surface area contributed by atoms with Gasteiger partial charge in [0.15, 0.2) is 0 Å². The minimum atomic E-state index is 0.641. The van der Waals surface area contributed by atoms with Gasteiger partial charge >= 0.3 is 0 Å². The van der Waals surface area contributed by atoms with Crippen LogP contribution in [0.25, 0.3) is 11.3 Å². The topological polar surface area (TPSA) is 12.9 Å². The summed E-state index contributed by atoms with van der Waals surface area (Å²) in [5.41, 5.74) is 1.84. The van der Waals surface area contributed by atoms with Gasteiger partial charge in [-0.25, -0.2) is 4.98 Å². The fraction of sp³-hybridized carbons (Fsp3) is 0.100. The predicted octanol–water partition coefficient (Wildman–Crippen LogP) is 4.43. The Bertz CT molecular complexity index is 465. The zero-order chi connectivity index (χ0) is 10.1. The third kappa shape index (κ3) is 1.92. The van der Waals surface area contributed by atoms with Crippen LogP contribution in [0, 0.1) is 6.92 Å². The van der Waals surface area contributed by atoms with Crippen LogP contribution in [-0.2, 0) is 0 Å². The third-order valence-electron chi connectivity index (χ3n) is 1.83. The van der Waals surface area contributed by atoms with Crippen LogP contribution in [0.15, 0.2) is 23.6 Å². The van der Waals surface area contributed by atoms with Crippen LogP contribution in [-0.4, -0.2) is 4.98 Å². The summed E-state index contributed by atoms with van der Waals surface area (Å²) in [5.74, 6) is 0. The summed E-state index contributed by atoms with van der Waals surface area (Å²) in [6, 6.07) is 5.43. The maximum atomic E-state index is 6.05. The molecule has 0 N–H and O–H groups in total. The minimum Gasteiger partial charge on any atom is -0.241 e. The predicted molar refractivity (Wildman–Crippen MR) is 62.3 cm³/mol. The Labute approximate surface area is 96.3 Å². The van der Waals surface area contributed by atoms with E-state index < -0.39 is 0 Å². The molecule has 0 radical (unpaired) electrons. The number of rotatable bonds is 1. The zero-order valence-corrected chi connectivity index (χ0v) is 9.75. The largest absolute Gasteiger partial charge is 0.241 e. The average Bonchev–Trinajstić information content (AvgIpc) is 2.51. The molecule has 0 atom stereocenters. The molecule has 1 nitrogen and oxygen atoms in total. The zero-order valence-electron chi connectivity index (χ0n) is 7.42. The molecule has 0 aliphatic carbocycles. The number of hydrogen-bond donors (Lipinski definition) is 0. The lowest BCUT2D eigenvalue weighted by atomic mass is 10.2. The van der Waals surface area contributed by atoms with Gasteiger partial charge in [-0.05, 0) is 25.1 Å². The maximum absolute atomic E-state index is 6.05. The molecule has 2 aromatic rings. The van der Waals surface area contributed by atoms with E-state index in [4.69, 9.17) is 23.2 Å². The lowest BCUT2D eigenvalue weighted by Gasteiger charge is -2.00. The van der Waals surface area contributed by atoms with Crippen molar-refractivity contribution < 1.29 is 0 Å². The Kier molecular flexibility index (Phi) is 2.77. The molecule has 1 aromatic heterocycles. The Morgan fingerprint density at radius 2 is 2.07 bits per heavy atom. The SMILES string of the molecule is Cc1nc(-c2ccc(Cl)cc2Cl)cs1. The van der Waals surface area contributed by atoms with Crippen LogP contribution in [0.4, 0.5) is 0 Å². The van der Waals surface area contributed by atoms with E-state index in [1.807, 2.05) is 24.4 Å². The van der Waals surface area contributed by atoms with Crippen molar-refractivity contribution in [3.05, 3.63) is 38.6 Å². The second-order valence-electron chi connectivity index (χ2n) is 2.88. The highest BCUT2D eigenvalue weighted by molar-refractivity contribution is 7.09. The number of aromatic nitrogens is 1. The molecule has 0 saturated heterocycles. The van der Waals surface area contributed by atoms with E-state index in [-0.39, 0.29) is 0 Å². The maximum Gasteiger partial charge on any atom is 0.0901 e. The smallest absolute Gasteiger partial charge is 0.0901 e. The first kappa shape index (κ1) is 9.97. The van der Waals surface area contributed by atoms with Crippen molar-refractivity contribution >= 4 is 34.5 Å². The summed E-state index contributed by atoms with van der Waals surface area (Å²) < 4.78 is 0. The first-order valence-electron chi connectivity index (χ1n) is 4.04. The molecule has 0 amide bonds. The molecule has 0 aliphatic heterocycles. The van der Waals surface area contributed by atoms with Gasteiger partial charge in [0.2, 0.25) is 0 Å². The van der Waals surface area contributed by atoms with E-state index in [9.17, 15) is 0 Å². The van der Waals surface area contributed by atoms with Crippen molar-refractivity contribution in [3.8, 4) is 11.3 Å². The molecule has 14 heavy (non-hydrogen) atoms. The number of benzene rings is 1. The Hall–Kier alpha value is -0.570. The number of hydrogen-bond acceptors (Lipinski definition) is 2. The van der Waals surface area contributed by atoms with Crippen LogP contribution in [0.3, 0.4) is 0 Å². The first-order chi connectivity index (χ1) is 6.66. The molecule has 0 aliphatic rings. The number of nitrogens with zero attached hydrogens (tertiary/aromatic N) is 1. The highest BCUT2D eigenvalue weighted by atomic mass is 35.5. The molecule has 72 valence electrons. The Balaban J connectivity index is 2.52. The summed E-state index contributed by atoms with van der Waals surface area (Å²) in [4.78, 5) is 4.36. The van der Waals surface area contributed by atoms with Gasteiger partial charge in [0.1, 0.15) is 0 Å². The Morgan fingerprint density at radius 3 is 2.64 bits per heavy atom. The minimum absolute atomic E-state index is 0.641. The Morgan fingerprint density at radius 1 is 1.29 bits per heavy atom. The van der Waals surface area contributed by atoms with Gasteiger partial charge in [-0.3, -0.25) is 0 Å². The normalized spacial score (nSPS) is 10.5. The van der Waals surface area contributed by atoms with E-state index in [0.717, 1.165) is 16.3 Å². The molecule has 0 spiro atoms. The molecular formula is C10H7Cl2NS. The summed E-state index contributed by atoms with van der Waals surface area (Å²) >= 11 is 13.5. The van der Waals surface area contributed by atoms with Crippen molar-refractivity contribution in [1.82, 2.24) is 4.98 Å². The lowest BCUT2D eigenvalue weighted by Crippen LogP contribution is -1.79. The lowest BCUT2D eigenvalue weighted by molar-refractivity contribution is 1.30. The van der Waals surface area contributed by atoms with Crippen LogP contribution in [0.1, 0.15) is 5.01 Å². The number of thiazole rings is 1. The van der Waals surface area contributed by atoms with Crippen molar-refractivity contribution in [2.75, 3.05) is 0 Å². The second-order valence-corrected chi connectivity index (χ2v) is 4.78. The van der Waals surface area contributed by atoms with Crippen LogP contribution in [0.5, 0.6) is 0 Å². The van der Waals surface area contributed by atoms with Crippen molar-refractivity contribution in [3.63, 3.8) is 0 Å². The average molecular weight is 244 g/mol. The van der Waals surface area contributed by atoms with Crippen LogP contribution in [0.2, 0.25) is 10.0 Å². The molecule has 4 heteroatoms. The monoisotopic (exact) mass is 243 g/mol. The van der Waals surface area contributed by atoms with Crippen molar-refractivity contribution in [1.29, 1.82) is 0 Å². The van der Waals surface area contributed by atoms with Crippen molar-refractivity contribution in [2.24, 2.45) is 0 Å². The van der Waals surface area contributed by atoms with E-state index in [2.05, 4.69) is 4.98 Å². The molecule has 0 fully saturated rings. The van der Waals surface area contributed by atoms with E-state index in [1.54, 1.807) is 17.4 Å². The highest BCUT2D eigenvalue weighted by Gasteiger charge is 2.06. The molecule has 1 heterocycles. The molecule has 0 unspecified atom stereocenters. The van der Waals surface area contributed by atoms with Gasteiger partial charge in [-0.15, -0.1) is 11.3 Å². The second kappa shape index (κ2) is 3.89. The third-order valence-corrected chi connectivity index (χ3v) is 3.15. The number of halogens is 2. The quantitative estimate of drug-likeness (QED) is 0.723. The van der Waals surface area contributed by atoms with E-state index >= 15 is 0 Å². The van der Waals surface area contributed by atoms with Gasteiger partial charge in [0.25, 0.3) is 0 Å². The standard InChI is InChI=1S/C10H7Cl2NS/c1-6-13-10(5-14-6)8-3-2-7(11)4-9(8)12/h2-5H,1H3. The van der Waals surface area contributed by atoms with Gasteiger partial charge < -0.3 is 0 Å². The van der Waals surface area contributed by atoms with Crippen LogP contribution >= 0.6 is 34.5 Å². The summed E-state index contributed by atoms with van der Waals surface area (Å²) in [7, 11) is 0. The van der Waals surface area contributed by atoms with Crippen molar-refractivity contribution in [2.45, 2.75) is 6.92 Å². The molecule has 0 saturated carbocycles. The fourth-order valence-electron chi connectivity index (χ4n) is 1.18. The molecular weight excluding hydrogens is 237 g/mol. The van der Waals surface area contributed by atoms with Crippen LogP contribution < -0.4 is 0 Å². The highest BCUT2D eigenvalue weighted by Crippen LogP contribution is 2.30. The summed E-state index contributed by atoms with van der Waals surface area (Å²) in [6.07, 6.45) is 0. The summed E-state index contributed by atoms with van der Waals surface area (Å²) in [5, 5.41) is 4.31. The van der Waals surface area contributed by atoms with Gasteiger partial charge in [-0.2, -0.15) is 0 Å². The van der Waals surface area contributed by atoms with E-state index in [1.165, 1.54) is 0 Å². The first-order valence-corrected chi connectivity index (χ1v) is 5.68. The van der Waals surface area contributed by atoms with Gasteiger partial charge in [-0.1, -0.05) is 23.2 Å². The fourth-order valence-corrected chi connectivity index (χ4v) is 2.30. The summed E-state index contributed by atoms with van der Waals surface area (Å²) in [6.45, 7) is 1.97.